The Labute approximate surface area is 104 Å². The van der Waals surface area contributed by atoms with Crippen LogP contribution in [-0.2, 0) is 16.1 Å². The van der Waals surface area contributed by atoms with Gasteiger partial charge < -0.3 is 4.90 Å². The van der Waals surface area contributed by atoms with Crippen molar-refractivity contribution in [2.24, 2.45) is 0 Å². The van der Waals surface area contributed by atoms with Crippen LogP contribution in [0.4, 0.5) is 0 Å². The molecule has 1 aliphatic heterocycles. The van der Waals surface area contributed by atoms with Gasteiger partial charge in [-0.2, -0.15) is 0 Å². The highest BCUT2D eigenvalue weighted by molar-refractivity contribution is 6.05. The SMILES string of the molecule is O=C1CC(=O)N(Cc2ccc3ccccc3n2)C1. The van der Waals surface area contributed by atoms with Crippen LogP contribution in [0, 0.1) is 0 Å². The number of hydrogen-bond donors (Lipinski definition) is 0. The normalized spacial score (nSPS) is 15.7. The summed E-state index contributed by atoms with van der Waals surface area (Å²) in [5.41, 5.74) is 1.73. The van der Waals surface area contributed by atoms with Gasteiger partial charge in [-0.15, -0.1) is 0 Å². The van der Waals surface area contributed by atoms with Crippen molar-refractivity contribution >= 4 is 22.6 Å². The molecule has 1 aliphatic rings. The highest BCUT2D eigenvalue weighted by Gasteiger charge is 2.27. The number of nitrogens with zero attached hydrogens (tertiary/aromatic N) is 2. The van der Waals surface area contributed by atoms with E-state index in [-0.39, 0.29) is 24.7 Å². The van der Waals surface area contributed by atoms with E-state index in [1.54, 1.807) is 4.90 Å². The number of likely N-dealkylation sites (tertiary alicyclic amines) is 1. The quantitative estimate of drug-likeness (QED) is 0.748. The van der Waals surface area contributed by atoms with Gasteiger partial charge in [0.15, 0.2) is 5.78 Å². The van der Waals surface area contributed by atoms with Crippen LogP contribution in [0.3, 0.4) is 0 Å². The molecule has 0 unspecified atom stereocenters. The Hall–Kier alpha value is -2.23. The zero-order valence-corrected chi connectivity index (χ0v) is 9.80. The summed E-state index contributed by atoms with van der Waals surface area (Å²) in [5, 5.41) is 1.07. The number of pyridine rings is 1. The van der Waals surface area contributed by atoms with Crippen molar-refractivity contribution in [3.05, 3.63) is 42.1 Å². The third-order valence-electron chi connectivity index (χ3n) is 3.08. The second-order valence-electron chi connectivity index (χ2n) is 4.46. The Morgan fingerprint density at radius 2 is 1.94 bits per heavy atom. The first-order valence-corrected chi connectivity index (χ1v) is 5.86. The molecule has 18 heavy (non-hydrogen) atoms. The molecule has 4 nitrogen and oxygen atoms in total. The minimum Gasteiger partial charge on any atom is -0.329 e. The predicted octanol–water partition coefficient (Wildman–Crippen LogP) is 1.54. The maximum atomic E-state index is 11.5. The number of carbonyl (C=O) groups is 2. The van der Waals surface area contributed by atoms with Crippen LogP contribution in [0.1, 0.15) is 12.1 Å². The molecule has 4 heteroatoms. The van der Waals surface area contributed by atoms with Crippen molar-refractivity contribution in [1.29, 1.82) is 0 Å². The summed E-state index contributed by atoms with van der Waals surface area (Å²) >= 11 is 0. The smallest absolute Gasteiger partial charge is 0.230 e. The Kier molecular flexibility index (Phi) is 2.55. The minimum atomic E-state index is -0.102. The standard InChI is InChI=1S/C14H12N2O2/c17-12-7-14(18)16(9-12)8-11-6-5-10-3-1-2-4-13(10)15-11/h1-6H,7-9H2. The van der Waals surface area contributed by atoms with Gasteiger partial charge in [0.05, 0.1) is 30.7 Å². The first kappa shape index (κ1) is 10.9. The van der Waals surface area contributed by atoms with Gasteiger partial charge in [-0.05, 0) is 12.1 Å². The summed E-state index contributed by atoms with van der Waals surface area (Å²) in [4.78, 5) is 28.8. The fourth-order valence-corrected chi connectivity index (χ4v) is 2.17. The van der Waals surface area contributed by atoms with Gasteiger partial charge in [-0.25, -0.2) is 0 Å². The average Bonchev–Trinajstić information content (AvgIpc) is 2.68. The van der Waals surface area contributed by atoms with Gasteiger partial charge in [0.2, 0.25) is 5.91 Å². The summed E-state index contributed by atoms with van der Waals surface area (Å²) in [6.07, 6.45) is 0.0353. The fraction of sp³-hybridized carbons (Fsp3) is 0.214. The molecule has 3 rings (SSSR count). The molecule has 2 aromatic rings. The number of Topliss-reactive ketones (excluding diaryl/α,β-unsaturated/α-hetero) is 1. The molecule has 1 saturated heterocycles. The van der Waals surface area contributed by atoms with Gasteiger partial charge in [0, 0.05) is 5.39 Å². The van der Waals surface area contributed by atoms with Crippen molar-refractivity contribution in [3.63, 3.8) is 0 Å². The van der Waals surface area contributed by atoms with Crippen molar-refractivity contribution < 1.29 is 9.59 Å². The minimum absolute atomic E-state index is 0.0132. The van der Waals surface area contributed by atoms with E-state index in [0.29, 0.717) is 6.54 Å². The number of aromatic nitrogens is 1. The van der Waals surface area contributed by atoms with Crippen LogP contribution in [0.15, 0.2) is 36.4 Å². The van der Waals surface area contributed by atoms with Gasteiger partial charge in [0.25, 0.3) is 0 Å². The number of amides is 1. The summed E-state index contributed by atoms with van der Waals surface area (Å²) in [6, 6.07) is 11.7. The molecule has 0 N–H and O–H groups in total. The molecule has 1 aromatic heterocycles. The van der Waals surface area contributed by atoms with Gasteiger partial charge in [-0.1, -0.05) is 24.3 Å². The molecular weight excluding hydrogens is 228 g/mol. The molecule has 1 fully saturated rings. The zero-order chi connectivity index (χ0) is 12.5. The lowest BCUT2D eigenvalue weighted by atomic mass is 10.2. The maximum Gasteiger partial charge on any atom is 0.230 e. The predicted molar refractivity (Wildman–Crippen MR) is 66.8 cm³/mol. The van der Waals surface area contributed by atoms with Crippen molar-refractivity contribution in [1.82, 2.24) is 9.88 Å². The van der Waals surface area contributed by atoms with Crippen molar-refractivity contribution in [2.75, 3.05) is 6.54 Å². The van der Waals surface area contributed by atoms with Crippen LogP contribution in [0.25, 0.3) is 10.9 Å². The third kappa shape index (κ3) is 1.97. The second-order valence-corrected chi connectivity index (χ2v) is 4.46. The van der Waals surface area contributed by atoms with Crippen LogP contribution < -0.4 is 0 Å². The number of rotatable bonds is 2. The van der Waals surface area contributed by atoms with E-state index in [1.165, 1.54) is 0 Å². The molecule has 0 spiro atoms. The average molecular weight is 240 g/mol. The Morgan fingerprint density at radius 1 is 1.11 bits per heavy atom. The van der Waals surface area contributed by atoms with Crippen LogP contribution in [0.5, 0.6) is 0 Å². The van der Waals surface area contributed by atoms with E-state index in [1.807, 2.05) is 36.4 Å². The lowest BCUT2D eigenvalue weighted by molar-refractivity contribution is -0.128. The Balaban J connectivity index is 1.87. The molecule has 0 aliphatic carbocycles. The summed E-state index contributed by atoms with van der Waals surface area (Å²) in [6.45, 7) is 0.628. The molecule has 90 valence electrons. The summed E-state index contributed by atoms with van der Waals surface area (Å²) in [7, 11) is 0. The van der Waals surface area contributed by atoms with E-state index in [0.717, 1.165) is 16.6 Å². The molecule has 0 radical (unpaired) electrons. The lowest BCUT2D eigenvalue weighted by Gasteiger charge is -2.14. The maximum absolute atomic E-state index is 11.5. The Morgan fingerprint density at radius 3 is 2.72 bits per heavy atom. The first-order valence-electron chi connectivity index (χ1n) is 5.86. The molecular formula is C14H12N2O2. The van der Waals surface area contributed by atoms with Gasteiger partial charge in [-0.3, -0.25) is 14.6 Å². The van der Waals surface area contributed by atoms with E-state index < -0.39 is 0 Å². The topological polar surface area (TPSA) is 50.3 Å². The summed E-state index contributed by atoms with van der Waals surface area (Å²) < 4.78 is 0. The van der Waals surface area contributed by atoms with E-state index in [2.05, 4.69) is 4.98 Å². The van der Waals surface area contributed by atoms with E-state index in [4.69, 9.17) is 0 Å². The van der Waals surface area contributed by atoms with Gasteiger partial charge >= 0.3 is 0 Å². The molecule has 0 atom stereocenters. The number of fused-ring (bicyclic) bond motifs is 1. The number of ketones is 1. The molecule has 1 amide bonds. The van der Waals surface area contributed by atoms with Crippen LogP contribution in [-0.4, -0.2) is 28.1 Å². The fourth-order valence-electron chi connectivity index (χ4n) is 2.17. The van der Waals surface area contributed by atoms with Crippen LogP contribution in [0.2, 0.25) is 0 Å². The monoisotopic (exact) mass is 240 g/mol. The van der Waals surface area contributed by atoms with Crippen molar-refractivity contribution in [2.45, 2.75) is 13.0 Å². The number of para-hydroxylation sites is 1. The largest absolute Gasteiger partial charge is 0.329 e. The molecule has 1 aromatic carbocycles. The highest BCUT2D eigenvalue weighted by Crippen LogP contribution is 2.15. The number of carbonyl (C=O) groups excluding carboxylic acids is 2. The second kappa shape index (κ2) is 4.22. The van der Waals surface area contributed by atoms with Crippen molar-refractivity contribution in [3.8, 4) is 0 Å². The lowest BCUT2D eigenvalue weighted by Crippen LogP contribution is -2.25. The Bertz CT molecular complexity index is 636. The number of hydrogen-bond acceptors (Lipinski definition) is 3. The zero-order valence-electron chi connectivity index (χ0n) is 9.80. The molecule has 2 heterocycles. The molecule has 0 bridgehead atoms. The molecule has 0 saturated carbocycles. The third-order valence-corrected chi connectivity index (χ3v) is 3.08. The van der Waals surface area contributed by atoms with E-state index >= 15 is 0 Å². The van der Waals surface area contributed by atoms with Crippen LogP contribution >= 0.6 is 0 Å². The first-order chi connectivity index (χ1) is 8.72. The van der Waals surface area contributed by atoms with E-state index in [9.17, 15) is 9.59 Å². The highest BCUT2D eigenvalue weighted by atomic mass is 16.2. The number of benzene rings is 1. The summed E-state index contributed by atoms with van der Waals surface area (Å²) in [5.74, 6) is -0.115. The van der Waals surface area contributed by atoms with Gasteiger partial charge in [0.1, 0.15) is 0 Å².